The summed E-state index contributed by atoms with van der Waals surface area (Å²) in [5.74, 6) is -0.539. The third kappa shape index (κ3) is 5.98. The molecule has 0 spiro atoms. The lowest BCUT2D eigenvalue weighted by Crippen LogP contribution is -2.60. The Bertz CT molecular complexity index is 1050. The van der Waals surface area contributed by atoms with Gasteiger partial charge >= 0.3 is 11.9 Å². The lowest BCUT2D eigenvalue weighted by atomic mass is 9.79. The fourth-order valence-electron chi connectivity index (χ4n) is 7.12. The largest absolute Gasteiger partial charge is 0.504 e. The van der Waals surface area contributed by atoms with E-state index in [0.717, 1.165) is 10.3 Å². The maximum Gasteiger partial charge on any atom is 0.311 e. The molecule has 38 heavy (non-hydrogen) atoms. The summed E-state index contributed by atoms with van der Waals surface area (Å²) in [6.07, 6.45) is -0.164. The first-order chi connectivity index (χ1) is 16.8. The quantitative estimate of drug-likeness (QED) is 0.171. The maximum atomic E-state index is 13.0. The molecule has 0 saturated heterocycles. The van der Waals surface area contributed by atoms with Gasteiger partial charge < -0.3 is 14.6 Å². The molecule has 3 rings (SSSR count). The van der Waals surface area contributed by atoms with Gasteiger partial charge in [0.15, 0.2) is 17.2 Å². The lowest BCUT2D eigenvalue weighted by molar-refractivity contribution is -0.141. The maximum absolute atomic E-state index is 13.0. The van der Waals surface area contributed by atoms with Crippen LogP contribution in [-0.2, 0) is 20.4 Å². The molecule has 0 radical (unpaired) electrons. The van der Waals surface area contributed by atoms with Gasteiger partial charge in [-0.3, -0.25) is 9.59 Å². The molecule has 0 amide bonds. The number of fused-ring (bicyclic) bond motifs is 7. The Kier molecular flexibility index (Phi) is 8.76. The zero-order valence-electron chi connectivity index (χ0n) is 26.6. The zero-order valence-corrected chi connectivity index (χ0v) is 28.4. The molecule has 0 aromatic heterocycles. The Morgan fingerprint density at radius 1 is 0.658 bits per heavy atom. The fourth-order valence-corrected chi connectivity index (χ4v) is 21.3. The van der Waals surface area contributed by atoms with E-state index < -0.39 is 30.8 Å². The number of benzene rings is 1. The summed E-state index contributed by atoms with van der Waals surface area (Å²) in [6.45, 7) is 33.3. The molecule has 2 heterocycles. The van der Waals surface area contributed by atoms with Gasteiger partial charge in [0, 0.05) is 11.1 Å². The predicted octanol–water partition coefficient (Wildman–Crippen LogP) is 9.07. The van der Waals surface area contributed by atoms with Crippen LogP contribution in [0, 0.1) is 0 Å². The summed E-state index contributed by atoms with van der Waals surface area (Å²) in [7, 11) is -2.19. The van der Waals surface area contributed by atoms with Crippen molar-refractivity contribution in [3.63, 3.8) is 0 Å². The standard InChI is InChI=1S/C31H52O5SSi/c1-27(2,3)21-23(34)24-22(28(4,5)6)26(25(21)36-20(33)17-16-19(32)35-24)37-18-38(29(7,8)9,30(10,11)12)31(13,14)15/h34H,16-18H2,1-15H3. The van der Waals surface area contributed by atoms with Crippen LogP contribution < -0.4 is 9.47 Å². The number of carbonyl (C=O) groups is 2. The van der Waals surface area contributed by atoms with E-state index in [2.05, 4.69) is 62.3 Å². The van der Waals surface area contributed by atoms with Gasteiger partial charge in [-0.05, 0) is 31.3 Å². The van der Waals surface area contributed by atoms with Crippen molar-refractivity contribution in [1.82, 2.24) is 0 Å². The number of esters is 2. The number of phenols is 1. The molecular formula is C31H52O5SSi. The summed E-state index contributed by atoms with van der Waals surface area (Å²) in [6, 6.07) is 0. The van der Waals surface area contributed by atoms with Crippen molar-refractivity contribution in [3.8, 4) is 17.2 Å². The molecule has 1 aromatic carbocycles. The number of hydrogen-bond acceptors (Lipinski definition) is 6. The van der Waals surface area contributed by atoms with Crippen LogP contribution in [0.2, 0.25) is 15.1 Å². The van der Waals surface area contributed by atoms with E-state index in [9.17, 15) is 14.7 Å². The van der Waals surface area contributed by atoms with E-state index in [1.54, 1.807) is 11.8 Å². The minimum Gasteiger partial charge on any atom is -0.504 e. The molecule has 0 fully saturated rings. The Labute approximate surface area is 236 Å². The SMILES string of the molecule is CC(C)(C)c1c(O)c2c(C(C)(C)C)c(SC[Si](C(C)(C)C)(C(C)(C)C)C(C)(C)C)c1OC(=O)CCC(=O)O2. The van der Waals surface area contributed by atoms with E-state index in [-0.39, 0.29) is 39.5 Å². The highest BCUT2D eigenvalue weighted by Gasteiger charge is 2.59. The second-order valence-corrected chi connectivity index (χ2v) is 24.1. The molecular weight excluding hydrogens is 512 g/mol. The van der Waals surface area contributed by atoms with Crippen LogP contribution in [-0.4, -0.2) is 30.5 Å². The minimum absolute atomic E-state index is 0.0682. The van der Waals surface area contributed by atoms with Crippen LogP contribution in [0.3, 0.4) is 0 Å². The van der Waals surface area contributed by atoms with E-state index in [1.807, 2.05) is 41.5 Å². The number of ether oxygens (including phenoxy) is 2. The molecule has 2 aliphatic heterocycles. The van der Waals surface area contributed by atoms with Crippen LogP contribution in [0.1, 0.15) is 128 Å². The van der Waals surface area contributed by atoms with Gasteiger partial charge in [0.1, 0.15) is 0 Å². The van der Waals surface area contributed by atoms with Crippen molar-refractivity contribution in [3.05, 3.63) is 11.1 Å². The van der Waals surface area contributed by atoms with Crippen LogP contribution >= 0.6 is 11.8 Å². The lowest BCUT2D eigenvalue weighted by Gasteiger charge is -2.59. The van der Waals surface area contributed by atoms with Crippen LogP contribution in [0.5, 0.6) is 17.2 Å². The first kappa shape index (κ1) is 32.7. The molecule has 216 valence electrons. The summed E-state index contributed by atoms with van der Waals surface area (Å²) in [4.78, 5) is 26.6. The number of phenolic OH excluding ortho intramolecular Hbond substituents is 1. The number of rotatable bonds is 3. The molecule has 0 aliphatic carbocycles. The Morgan fingerprint density at radius 3 is 1.37 bits per heavy atom. The fraction of sp³-hybridized carbons (Fsp3) is 0.742. The summed E-state index contributed by atoms with van der Waals surface area (Å²) < 4.78 is 12.0. The molecule has 5 nitrogen and oxygen atoms in total. The van der Waals surface area contributed by atoms with Gasteiger partial charge in [0.05, 0.1) is 25.8 Å². The molecule has 0 atom stereocenters. The number of thioether (sulfide) groups is 1. The first-order valence-corrected chi connectivity index (χ1v) is 16.9. The molecule has 1 aromatic rings. The third-order valence-corrected chi connectivity index (χ3v) is 18.7. The molecule has 1 N–H and O–H groups in total. The smallest absolute Gasteiger partial charge is 0.311 e. The van der Waals surface area contributed by atoms with Crippen molar-refractivity contribution in [2.24, 2.45) is 0 Å². The van der Waals surface area contributed by atoms with Crippen molar-refractivity contribution in [1.29, 1.82) is 0 Å². The van der Waals surface area contributed by atoms with Gasteiger partial charge in [-0.1, -0.05) is 104 Å². The zero-order chi connectivity index (χ0) is 29.9. The normalized spacial score (nSPS) is 16.4. The first-order valence-electron chi connectivity index (χ1n) is 13.8. The van der Waals surface area contributed by atoms with Crippen molar-refractivity contribution < 1.29 is 24.2 Å². The average Bonchev–Trinajstić information content (AvgIpc) is 2.64. The molecule has 2 bridgehead atoms. The molecule has 7 heteroatoms. The van der Waals surface area contributed by atoms with E-state index in [0.29, 0.717) is 16.9 Å². The monoisotopic (exact) mass is 564 g/mol. The molecule has 0 saturated carbocycles. The third-order valence-electron chi connectivity index (χ3n) is 8.08. The number of hydrogen-bond donors (Lipinski definition) is 1. The minimum atomic E-state index is -2.19. The van der Waals surface area contributed by atoms with Crippen molar-refractivity contribution >= 4 is 31.8 Å². The second-order valence-electron chi connectivity index (χ2n) is 16.0. The summed E-state index contributed by atoms with van der Waals surface area (Å²) in [5, 5.41) is 12.7. The average molecular weight is 565 g/mol. The van der Waals surface area contributed by atoms with E-state index in [1.165, 1.54) is 0 Å². The highest BCUT2D eigenvalue weighted by atomic mass is 32.2. The van der Waals surface area contributed by atoms with Gasteiger partial charge in [-0.15, -0.1) is 11.8 Å². The second kappa shape index (κ2) is 10.2. The molecule has 2 aliphatic rings. The van der Waals surface area contributed by atoms with E-state index >= 15 is 0 Å². The summed E-state index contributed by atoms with van der Waals surface area (Å²) >= 11 is 1.72. The van der Waals surface area contributed by atoms with Crippen LogP contribution in [0.4, 0.5) is 0 Å². The topological polar surface area (TPSA) is 72.8 Å². The summed E-state index contributed by atoms with van der Waals surface area (Å²) in [5.41, 5.74) is 0.145. The van der Waals surface area contributed by atoms with Crippen molar-refractivity contribution in [2.75, 3.05) is 5.38 Å². The number of aromatic hydroxyl groups is 1. The van der Waals surface area contributed by atoms with Gasteiger partial charge in [-0.2, -0.15) is 0 Å². The highest BCUT2D eigenvalue weighted by molar-refractivity contribution is 8.01. The van der Waals surface area contributed by atoms with Crippen LogP contribution in [0.15, 0.2) is 4.90 Å². The van der Waals surface area contributed by atoms with Gasteiger partial charge in [0.25, 0.3) is 0 Å². The van der Waals surface area contributed by atoms with Gasteiger partial charge in [0.2, 0.25) is 0 Å². The van der Waals surface area contributed by atoms with Crippen molar-refractivity contribution in [2.45, 2.75) is 148 Å². The van der Waals surface area contributed by atoms with E-state index in [4.69, 9.17) is 9.47 Å². The van der Waals surface area contributed by atoms with Crippen LogP contribution in [0.25, 0.3) is 0 Å². The highest BCUT2D eigenvalue weighted by Crippen LogP contribution is 2.64. The predicted molar refractivity (Wildman–Crippen MR) is 162 cm³/mol. The Hall–Kier alpha value is -1.47. The Balaban J connectivity index is 3.07. The number of carbonyl (C=O) groups excluding carboxylic acids is 2. The Morgan fingerprint density at radius 2 is 1.03 bits per heavy atom. The molecule has 0 unspecified atom stereocenters. The van der Waals surface area contributed by atoms with Gasteiger partial charge in [-0.25, -0.2) is 0 Å².